The van der Waals surface area contributed by atoms with Crippen LogP contribution in [-0.2, 0) is 4.74 Å². The Morgan fingerprint density at radius 3 is 2.43 bits per heavy atom. The van der Waals surface area contributed by atoms with Crippen molar-refractivity contribution in [2.75, 3.05) is 7.11 Å². The molecule has 1 fully saturated rings. The van der Waals surface area contributed by atoms with E-state index < -0.39 is 18.3 Å². The molecule has 1 aliphatic rings. The number of benzene rings is 1. The van der Waals surface area contributed by atoms with E-state index in [1.165, 1.54) is 0 Å². The van der Waals surface area contributed by atoms with Gasteiger partial charge in [0.15, 0.2) is 11.6 Å². The van der Waals surface area contributed by atoms with Crippen LogP contribution >= 0.6 is 0 Å². The van der Waals surface area contributed by atoms with Crippen molar-refractivity contribution in [2.45, 2.75) is 37.9 Å². The second kappa shape index (κ2) is 8.31. The van der Waals surface area contributed by atoms with Crippen LogP contribution in [0.1, 0.15) is 25.7 Å². The van der Waals surface area contributed by atoms with Crippen molar-refractivity contribution in [3.05, 3.63) is 24.0 Å². The number of halogens is 4. The molecule has 1 aliphatic carbocycles. The van der Waals surface area contributed by atoms with Crippen molar-refractivity contribution in [2.24, 2.45) is 0 Å². The maximum atomic E-state index is 13.6. The Kier molecular flexibility index (Phi) is 7.69. The topological polar surface area (TPSA) is 18.5 Å². The summed E-state index contributed by atoms with van der Waals surface area (Å²) in [7, 11) is 1.58. The molecule has 2 rings (SSSR count). The standard InChI is InChI=1S/C13H16BF4O2.K/c1-19-10-3-2-4-11(8-10)20-13-7-9(14(16,17)18)5-6-12(13)15;/h5-7,10-11H,2-4,8H2,1H3;/q-1;+1. The molecule has 21 heavy (non-hydrogen) atoms. The van der Waals surface area contributed by atoms with Gasteiger partial charge in [0.05, 0.1) is 6.10 Å². The zero-order chi connectivity index (χ0) is 14.8. The second-order valence-electron chi connectivity index (χ2n) is 5.03. The summed E-state index contributed by atoms with van der Waals surface area (Å²) in [5.74, 6) is -1.10. The predicted molar refractivity (Wildman–Crippen MR) is 68.8 cm³/mol. The number of rotatable bonds is 4. The maximum Gasteiger partial charge on any atom is 1.00 e. The second-order valence-corrected chi connectivity index (χ2v) is 5.03. The summed E-state index contributed by atoms with van der Waals surface area (Å²) in [5.41, 5.74) is -0.847. The maximum absolute atomic E-state index is 13.6. The zero-order valence-corrected chi connectivity index (χ0v) is 15.2. The Morgan fingerprint density at radius 1 is 1.14 bits per heavy atom. The van der Waals surface area contributed by atoms with Gasteiger partial charge in [0.1, 0.15) is 6.10 Å². The third-order valence-corrected chi connectivity index (χ3v) is 3.54. The molecule has 2 nitrogen and oxygen atoms in total. The van der Waals surface area contributed by atoms with Crippen LogP contribution in [0.5, 0.6) is 5.75 Å². The summed E-state index contributed by atoms with van der Waals surface area (Å²) >= 11 is 0. The average Bonchev–Trinajstić information content (AvgIpc) is 2.40. The summed E-state index contributed by atoms with van der Waals surface area (Å²) in [6, 6.07) is 2.28. The van der Waals surface area contributed by atoms with E-state index in [9.17, 15) is 17.3 Å². The predicted octanol–water partition coefficient (Wildman–Crippen LogP) is 0.220. The molecule has 1 aromatic rings. The number of hydrogen-bond donors (Lipinski definition) is 0. The molecule has 1 saturated carbocycles. The minimum atomic E-state index is -5.15. The van der Waals surface area contributed by atoms with Gasteiger partial charge >= 0.3 is 58.4 Å². The molecule has 2 unspecified atom stereocenters. The van der Waals surface area contributed by atoms with Crippen molar-refractivity contribution in [1.82, 2.24) is 0 Å². The molecule has 0 spiro atoms. The Balaban J connectivity index is 0.00000220. The van der Waals surface area contributed by atoms with E-state index in [4.69, 9.17) is 9.47 Å². The minimum Gasteiger partial charge on any atom is -0.487 e. The fourth-order valence-electron chi connectivity index (χ4n) is 2.42. The van der Waals surface area contributed by atoms with Gasteiger partial charge in [-0.05, 0) is 31.4 Å². The smallest absolute Gasteiger partial charge is 0.487 e. The molecule has 1 aromatic carbocycles. The first-order chi connectivity index (χ1) is 9.40. The first kappa shape index (κ1) is 19.4. The SMILES string of the molecule is COC1CCCC(Oc2cc([B-](F)(F)F)ccc2F)C1.[K+]. The molecule has 0 heterocycles. The minimum absolute atomic E-state index is 0. The zero-order valence-electron chi connectivity index (χ0n) is 12.1. The van der Waals surface area contributed by atoms with E-state index >= 15 is 0 Å². The van der Waals surface area contributed by atoms with Crippen molar-refractivity contribution < 1.29 is 78.2 Å². The quantitative estimate of drug-likeness (QED) is 0.581. The van der Waals surface area contributed by atoms with Gasteiger partial charge in [-0.25, -0.2) is 4.39 Å². The van der Waals surface area contributed by atoms with Crippen LogP contribution < -0.4 is 61.6 Å². The number of ether oxygens (including phenoxy) is 2. The molecule has 0 bridgehead atoms. The molecular weight excluding hydrogens is 314 g/mol. The van der Waals surface area contributed by atoms with Crippen LogP contribution in [0.2, 0.25) is 0 Å². The average molecular weight is 330 g/mol. The molecule has 0 amide bonds. The Labute approximate surface area is 164 Å². The van der Waals surface area contributed by atoms with Gasteiger partial charge in [0.2, 0.25) is 0 Å². The number of hydrogen-bond acceptors (Lipinski definition) is 2. The Morgan fingerprint density at radius 2 is 1.81 bits per heavy atom. The van der Waals surface area contributed by atoms with Gasteiger partial charge in [0.25, 0.3) is 0 Å². The third kappa shape index (κ3) is 5.51. The van der Waals surface area contributed by atoms with Crippen molar-refractivity contribution >= 4 is 12.4 Å². The first-order valence-electron chi connectivity index (χ1n) is 6.59. The van der Waals surface area contributed by atoms with Crippen LogP contribution in [0, 0.1) is 5.82 Å². The van der Waals surface area contributed by atoms with E-state index in [0.29, 0.717) is 12.8 Å². The molecular formula is C13H16BF4KO2. The fourth-order valence-corrected chi connectivity index (χ4v) is 2.42. The van der Waals surface area contributed by atoms with Gasteiger partial charge in [-0.1, -0.05) is 6.07 Å². The summed E-state index contributed by atoms with van der Waals surface area (Å²) in [4.78, 5) is 0. The van der Waals surface area contributed by atoms with Gasteiger partial charge in [-0.15, -0.1) is 5.46 Å². The number of methoxy groups -OCH3 is 1. The molecule has 8 heteroatoms. The van der Waals surface area contributed by atoms with Gasteiger partial charge in [-0.2, -0.15) is 0 Å². The molecule has 0 N–H and O–H groups in total. The van der Waals surface area contributed by atoms with Crippen LogP contribution in [0.4, 0.5) is 17.3 Å². The van der Waals surface area contributed by atoms with E-state index in [2.05, 4.69) is 0 Å². The van der Waals surface area contributed by atoms with Crippen LogP contribution in [0.15, 0.2) is 18.2 Å². The fraction of sp³-hybridized carbons (Fsp3) is 0.538. The Hall–Kier alpha value is 0.401. The van der Waals surface area contributed by atoms with Gasteiger partial charge in [-0.3, -0.25) is 0 Å². The van der Waals surface area contributed by atoms with E-state index in [1.54, 1.807) is 7.11 Å². The molecule has 0 aliphatic heterocycles. The third-order valence-electron chi connectivity index (χ3n) is 3.54. The Bertz CT molecular complexity index is 470. The van der Waals surface area contributed by atoms with Gasteiger partial charge < -0.3 is 22.4 Å². The molecule has 2 atom stereocenters. The summed E-state index contributed by atoms with van der Waals surface area (Å²) in [5, 5.41) is 0. The first-order valence-corrected chi connectivity index (χ1v) is 6.59. The molecule has 112 valence electrons. The monoisotopic (exact) mass is 330 g/mol. The molecule has 0 saturated heterocycles. The van der Waals surface area contributed by atoms with Gasteiger partial charge in [0, 0.05) is 13.5 Å². The van der Waals surface area contributed by atoms with E-state index in [0.717, 1.165) is 31.0 Å². The molecule has 0 aromatic heterocycles. The van der Waals surface area contributed by atoms with Crippen LogP contribution in [-0.4, -0.2) is 26.3 Å². The van der Waals surface area contributed by atoms with E-state index in [-0.39, 0.29) is 69.3 Å². The summed E-state index contributed by atoms with van der Waals surface area (Å²) < 4.78 is 62.2. The van der Waals surface area contributed by atoms with Crippen molar-refractivity contribution in [1.29, 1.82) is 0 Å². The van der Waals surface area contributed by atoms with E-state index in [1.807, 2.05) is 0 Å². The molecule has 0 radical (unpaired) electrons. The van der Waals surface area contributed by atoms with Crippen LogP contribution in [0.3, 0.4) is 0 Å². The summed E-state index contributed by atoms with van der Waals surface area (Å²) in [6.45, 7) is -5.15. The van der Waals surface area contributed by atoms with Crippen molar-refractivity contribution in [3.63, 3.8) is 0 Å². The van der Waals surface area contributed by atoms with Crippen molar-refractivity contribution in [3.8, 4) is 5.75 Å². The van der Waals surface area contributed by atoms with Crippen LogP contribution in [0.25, 0.3) is 0 Å². The summed E-state index contributed by atoms with van der Waals surface area (Å²) in [6.07, 6.45) is 2.72. The largest absolute Gasteiger partial charge is 1.00 e. The normalized spacial score (nSPS) is 22.5.